The minimum Gasteiger partial charge on any atom is -0.387 e. The van der Waals surface area contributed by atoms with Gasteiger partial charge in [-0.2, -0.15) is 4.68 Å². The molecule has 128 valence electrons. The topological polar surface area (TPSA) is 102 Å². The molecule has 3 heterocycles. The Bertz CT molecular complexity index is 1110. The van der Waals surface area contributed by atoms with Crippen molar-refractivity contribution in [3.8, 4) is 10.8 Å². The zero-order chi connectivity index (χ0) is 17.6. The lowest BCUT2D eigenvalue weighted by atomic mass is 10.2. The molecule has 0 saturated carbocycles. The van der Waals surface area contributed by atoms with Gasteiger partial charge in [-0.1, -0.05) is 18.2 Å². The maximum Gasteiger partial charge on any atom is 0.437 e. The van der Waals surface area contributed by atoms with E-state index in [1.165, 1.54) is 23.5 Å². The summed E-state index contributed by atoms with van der Waals surface area (Å²) in [7, 11) is -3.90. The van der Waals surface area contributed by atoms with Crippen LogP contribution in [0.1, 0.15) is 10.4 Å². The van der Waals surface area contributed by atoms with Crippen molar-refractivity contribution in [2.75, 3.05) is 6.54 Å². The minimum atomic E-state index is -3.90. The van der Waals surface area contributed by atoms with Crippen LogP contribution in [0, 0.1) is 0 Å². The average Bonchev–Trinajstić information content (AvgIpc) is 3.28. The summed E-state index contributed by atoms with van der Waals surface area (Å²) in [4.78, 5) is 24.9. The fourth-order valence-corrected chi connectivity index (χ4v) is 4.79. The Morgan fingerprint density at radius 2 is 1.88 bits per heavy atom. The van der Waals surface area contributed by atoms with Crippen LogP contribution in [0.15, 0.2) is 55.9 Å². The van der Waals surface area contributed by atoms with Crippen molar-refractivity contribution in [2.45, 2.75) is 11.4 Å². The third-order valence-electron chi connectivity index (χ3n) is 3.77. The van der Waals surface area contributed by atoms with Crippen molar-refractivity contribution >= 4 is 27.3 Å². The molecule has 0 atom stereocenters. The summed E-state index contributed by atoms with van der Waals surface area (Å²) >= 11 is 1.36. The summed E-state index contributed by atoms with van der Waals surface area (Å²) in [6.07, 6.45) is 0. The second-order valence-electron chi connectivity index (χ2n) is 5.25. The number of rotatable bonds is 4. The maximum atomic E-state index is 12.5. The van der Waals surface area contributed by atoms with Crippen LogP contribution in [-0.2, 0) is 16.6 Å². The Balaban J connectivity index is 1.59. The molecule has 1 amide bonds. The highest BCUT2D eigenvalue weighted by molar-refractivity contribution is 7.90. The number of benzene rings is 1. The fraction of sp³-hybridized carbons (Fsp3) is 0.133. The molecule has 1 aliphatic rings. The first-order chi connectivity index (χ1) is 12.0. The maximum absolute atomic E-state index is 12.5. The quantitative estimate of drug-likeness (QED) is 0.681. The van der Waals surface area contributed by atoms with E-state index in [0.717, 1.165) is 8.99 Å². The van der Waals surface area contributed by atoms with Crippen LogP contribution in [-0.4, -0.2) is 35.0 Å². The van der Waals surface area contributed by atoms with Crippen molar-refractivity contribution in [3.05, 3.63) is 57.9 Å². The van der Waals surface area contributed by atoms with E-state index in [2.05, 4.69) is 5.10 Å². The van der Waals surface area contributed by atoms with Crippen molar-refractivity contribution in [1.82, 2.24) is 14.1 Å². The second-order valence-corrected chi connectivity index (χ2v) is 8.03. The van der Waals surface area contributed by atoms with Crippen molar-refractivity contribution in [1.29, 1.82) is 0 Å². The highest BCUT2D eigenvalue weighted by atomic mass is 32.2. The van der Waals surface area contributed by atoms with Crippen LogP contribution in [0.5, 0.6) is 0 Å². The Morgan fingerprint density at radius 1 is 1.08 bits per heavy atom. The zero-order valence-electron chi connectivity index (χ0n) is 12.7. The highest BCUT2D eigenvalue weighted by Crippen LogP contribution is 2.29. The van der Waals surface area contributed by atoms with Gasteiger partial charge in [0.25, 0.3) is 21.8 Å². The van der Waals surface area contributed by atoms with Gasteiger partial charge in [0.15, 0.2) is 0 Å². The van der Waals surface area contributed by atoms with Gasteiger partial charge in [0, 0.05) is 0 Å². The number of aromatic nitrogens is 2. The SMILES string of the molecule is O=C1c2ccccc2S(=O)(=O)N1CCn1nc(-c2cccs2)oc1=O. The molecule has 0 spiro atoms. The first kappa shape index (κ1) is 15.8. The van der Waals surface area contributed by atoms with Gasteiger partial charge in [0.2, 0.25) is 0 Å². The van der Waals surface area contributed by atoms with Crippen molar-refractivity contribution in [3.63, 3.8) is 0 Å². The van der Waals surface area contributed by atoms with E-state index < -0.39 is 21.7 Å². The summed E-state index contributed by atoms with van der Waals surface area (Å²) in [5.41, 5.74) is 0.134. The molecule has 8 nitrogen and oxygen atoms in total. The van der Waals surface area contributed by atoms with Gasteiger partial charge >= 0.3 is 5.76 Å². The molecule has 1 aliphatic heterocycles. The molecule has 0 aliphatic carbocycles. The molecule has 0 N–H and O–H groups in total. The first-order valence-corrected chi connectivity index (χ1v) is 9.58. The predicted molar refractivity (Wildman–Crippen MR) is 88.7 cm³/mol. The molecule has 4 rings (SSSR count). The molecule has 0 saturated heterocycles. The van der Waals surface area contributed by atoms with Crippen molar-refractivity contribution < 1.29 is 17.6 Å². The normalized spacial score (nSPS) is 15.5. The number of thiophene rings is 1. The minimum absolute atomic E-state index is 0.0215. The van der Waals surface area contributed by atoms with Gasteiger partial charge in [0.1, 0.15) is 4.90 Å². The van der Waals surface area contributed by atoms with E-state index >= 15 is 0 Å². The standard InChI is InChI=1S/C15H11N3O5S2/c19-14-10-4-1-2-6-12(10)25(21,22)18(14)8-7-17-15(20)23-13(16-17)11-5-3-9-24-11/h1-6,9H,7-8H2. The van der Waals surface area contributed by atoms with Gasteiger partial charge in [-0.15, -0.1) is 16.4 Å². The van der Waals surface area contributed by atoms with Gasteiger partial charge in [0.05, 0.1) is 23.5 Å². The van der Waals surface area contributed by atoms with Gasteiger partial charge in [-0.05, 0) is 23.6 Å². The third kappa shape index (κ3) is 2.50. The van der Waals surface area contributed by atoms with E-state index in [1.807, 2.05) is 5.38 Å². The smallest absolute Gasteiger partial charge is 0.387 e. The Labute approximate surface area is 146 Å². The van der Waals surface area contributed by atoms with Gasteiger partial charge in [-0.25, -0.2) is 17.5 Å². The molecule has 10 heteroatoms. The van der Waals surface area contributed by atoms with E-state index in [-0.39, 0.29) is 29.4 Å². The summed E-state index contributed by atoms with van der Waals surface area (Å²) in [5, 5.41) is 5.87. The van der Waals surface area contributed by atoms with E-state index in [1.54, 1.807) is 24.3 Å². The third-order valence-corrected chi connectivity index (χ3v) is 6.46. The number of carbonyl (C=O) groups excluding carboxylic acids is 1. The summed E-state index contributed by atoms with van der Waals surface area (Å²) < 4.78 is 31.8. The number of sulfonamides is 1. The summed E-state index contributed by atoms with van der Waals surface area (Å²) in [6.45, 7) is -0.293. The van der Waals surface area contributed by atoms with E-state index in [4.69, 9.17) is 4.42 Å². The average molecular weight is 377 g/mol. The fourth-order valence-electron chi connectivity index (χ4n) is 2.59. The summed E-state index contributed by atoms with van der Waals surface area (Å²) in [6, 6.07) is 9.57. The molecule has 0 unspecified atom stereocenters. The molecule has 0 radical (unpaired) electrons. The molecule has 0 fully saturated rings. The second kappa shape index (κ2) is 5.67. The number of carbonyl (C=O) groups is 1. The summed E-state index contributed by atoms with van der Waals surface area (Å²) in [5.74, 6) is -1.14. The Kier molecular flexibility index (Phi) is 3.58. The van der Waals surface area contributed by atoms with Crippen LogP contribution >= 0.6 is 11.3 Å². The molecule has 0 bridgehead atoms. The number of hydrogen-bond donors (Lipinski definition) is 0. The van der Waals surface area contributed by atoms with Crippen LogP contribution in [0.25, 0.3) is 10.8 Å². The first-order valence-electron chi connectivity index (χ1n) is 7.26. The molecule has 3 aromatic rings. The molecular formula is C15H11N3O5S2. The predicted octanol–water partition coefficient (Wildman–Crippen LogP) is 1.41. The number of fused-ring (bicyclic) bond motifs is 1. The lowest BCUT2D eigenvalue weighted by molar-refractivity contribution is 0.0866. The molecular weight excluding hydrogens is 366 g/mol. The largest absolute Gasteiger partial charge is 0.437 e. The lowest BCUT2D eigenvalue weighted by Gasteiger charge is -2.14. The lowest BCUT2D eigenvalue weighted by Crippen LogP contribution is -2.34. The van der Waals surface area contributed by atoms with Crippen molar-refractivity contribution in [2.24, 2.45) is 0 Å². The Morgan fingerprint density at radius 3 is 2.60 bits per heavy atom. The highest BCUT2D eigenvalue weighted by Gasteiger charge is 2.40. The van der Waals surface area contributed by atoms with E-state index in [0.29, 0.717) is 4.88 Å². The Hall–Kier alpha value is -2.72. The van der Waals surface area contributed by atoms with Gasteiger partial charge in [-0.3, -0.25) is 4.79 Å². The molecule has 1 aromatic carbocycles. The van der Waals surface area contributed by atoms with Crippen LogP contribution < -0.4 is 5.76 Å². The van der Waals surface area contributed by atoms with Crippen LogP contribution in [0.2, 0.25) is 0 Å². The van der Waals surface area contributed by atoms with E-state index in [9.17, 15) is 18.0 Å². The van der Waals surface area contributed by atoms with Gasteiger partial charge < -0.3 is 4.42 Å². The number of hydrogen-bond acceptors (Lipinski definition) is 7. The number of amides is 1. The zero-order valence-corrected chi connectivity index (χ0v) is 14.3. The van der Waals surface area contributed by atoms with Crippen LogP contribution in [0.4, 0.5) is 0 Å². The number of nitrogens with zero attached hydrogens (tertiary/aromatic N) is 3. The molecule has 25 heavy (non-hydrogen) atoms. The molecule has 2 aromatic heterocycles. The van der Waals surface area contributed by atoms with Crippen LogP contribution in [0.3, 0.4) is 0 Å². The monoisotopic (exact) mass is 377 g/mol.